The molecule has 0 saturated heterocycles. The molecular weight excluding hydrogens is 264 g/mol. The van der Waals surface area contributed by atoms with Gasteiger partial charge in [-0.2, -0.15) is 5.26 Å². The summed E-state index contributed by atoms with van der Waals surface area (Å²) in [5, 5.41) is 12.6. The van der Waals surface area contributed by atoms with Crippen LogP contribution in [0.3, 0.4) is 0 Å². The molecular formula is C17H28N2O2. The van der Waals surface area contributed by atoms with E-state index < -0.39 is 5.54 Å². The Morgan fingerprint density at radius 1 is 1.38 bits per heavy atom. The largest absolute Gasteiger partial charge is 0.378 e. The molecule has 0 heterocycles. The highest BCUT2D eigenvalue weighted by molar-refractivity contribution is 5.83. The molecule has 1 N–H and O–H groups in total. The molecule has 2 aliphatic rings. The van der Waals surface area contributed by atoms with Gasteiger partial charge in [-0.05, 0) is 50.4 Å². The van der Waals surface area contributed by atoms with Crippen LogP contribution in [0.25, 0.3) is 0 Å². The summed E-state index contributed by atoms with van der Waals surface area (Å²) >= 11 is 0. The fourth-order valence-corrected chi connectivity index (χ4v) is 3.42. The van der Waals surface area contributed by atoms with Gasteiger partial charge in [-0.15, -0.1) is 0 Å². The first kappa shape index (κ1) is 16.3. The van der Waals surface area contributed by atoms with Crippen LogP contribution in [0.15, 0.2) is 0 Å². The standard InChI is InChI=1S/C17H28N2O2/c1-5-21-14-10-13(14)15(20)19-17(11-18)8-6-12(7-9-17)16(2,3)4/h12-14H,5-10H2,1-4H3,(H,19,20)/t12?,13-,14+,17?/m1/s1. The van der Waals surface area contributed by atoms with Gasteiger partial charge >= 0.3 is 0 Å². The normalized spacial score (nSPS) is 35.9. The van der Waals surface area contributed by atoms with Crippen LogP contribution in [0.4, 0.5) is 0 Å². The van der Waals surface area contributed by atoms with E-state index in [1.807, 2.05) is 6.92 Å². The van der Waals surface area contributed by atoms with Crippen molar-refractivity contribution in [3.8, 4) is 6.07 Å². The maximum absolute atomic E-state index is 12.3. The summed E-state index contributed by atoms with van der Waals surface area (Å²) in [6.45, 7) is 9.36. The van der Waals surface area contributed by atoms with Gasteiger partial charge in [-0.1, -0.05) is 20.8 Å². The molecule has 2 fully saturated rings. The van der Waals surface area contributed by atoms with Gasteiger partial charge in [-0.3, -0.25) is 4.79 Å². The van der Waals surface area contributed by atoms with E-state index in [0.717, 1.165) is 32.1 Å². The SMILES string of the molecule is CCO[C@H]1C[C@H]1C(=O)NC1(C#N)CCC(C(C)(C)C)CC1. The van der Waals surface area contributed by atoms with Gasteiger partial charge in [0.2, 0.25) is 5.91 Å². The van der Waals surface area contributed by atoms with Gasteiger partial charge in [0.05, 0.1) is 18.1 Å². The minimum Gasteiger partial charge on any atom is -0.378 e. The lowest BCUT2D eigenvalue weighted by atomic mass is 9.67. The number of amides is 1. The zero-order chi connectivity index (χ0) is 15.7. The lowest BCUT2D eigenvalue weighted by molar-refractivity contribution is -0.125. The number of hydrogen-bond donors (Lipinski definition) is 1. The molecule has 2 saturated carbocycles. The number of hydrogen-bond acceptors (Lipinski definition) is 3. The number of rotatable bonds is 4. The van der Waals surface area contributed by atoms with Crippen molar-refractivity contribution in [3.63, 3.8) is 0 Å². The second kappa shape index (κ2) is 5.96. The Kier molecular flexibility index (Phi) is 4.63. The third-order valence-corrected chi connectivity index (χ3v) is 5.09. The zero-order valence-corrected chi connectivity index (χ0v) is 13.7. The summed E-state index contributed by atoms with van der Waals surface area (Å²) in [7, 11) is 0. The molecule has 21 heavy (non-hydrogen) atoms. The van der Waals surface area contributed by atoms with E-state index in [9.17, 15) is 10.1 Å². The fraction of sp³-hybridized carbons (Fsp3) is 0.882. The molecule has 4 heteroatoms. The van der Waals surface area contributed by atoms with Crippen LogP contribution in [-0.2, 0) is 9.53 Å². The van der Waals surface area contributed by atoms with E-state index in [2.05, 4.69) is 32.2 Å². The molecule has 0 unspecified atom stereocenters. The minimum absolute atomic E-state index is 0.00390. The molecule has 0 aromatic heterocycles. The fourth-order valence-electron chi connectivity index (χ4n) is 3.42. The monoisotopic (exact) mass is 292 g/mol. The number of nitrogens with one attached hydrogen (secondary N) is 1. The van der Waals surface area contributed by atoms with Crippen LogP contribution in [0.1, 0.15) is 59.8 Å². The summed E-state index contributed by atoms with van der Waals surface area (Å²) in [6, 6.07) is 2.38. The van der Waals surface area contributed by atoms with Crippen LogP contribution in [0, 0.1) is 28.6 Å². The molecule has 0 bridgehead atoms. The third-order valence-electron chi connectivity index (χ3n) is 5.09. The van der Waals surface area contributed by atoms with E-state index in [-0.39, 0.29) is 23.3 Å². The number of carbonyl (C=O) groups is 1. The molecule has 0 radical (unpaired) electrons. The van der Waals surface area contributed by atoms with Gasteiger partial charge in [0, 0.05) is 6.61 Å². The lowest BCUT2D eigenvalue weighted by Gasteiger charge is -2.41. The van der Waals surface area contributed by atoms with E-state index in [1.165, 1.54) is 0 Å². The molecule has 0 aromatic rings. The van der Waals surface area contributed by atoms with Gasteiger partial charge < -0.3 is 10.1 Å². The van der Waals surface area contributed by atoms with Gasteiger partial charge in [0.25, 0.3) is 0 Å². The first-order valence-corrected chi connectivity index (χ1v) is 8.16. The second-order valence-corrected chi connectivity index (χ2v) is 7.66. The van der Waals surface area contributed by atoms with E-state index >= 15 is 0 Å². The Labute approximate surface area is 128 Å². The number of nitrogens with zero attached hydrogens (tertiary/aromatic N) is 1. The molecule has 0 spiro atoms. The quantitative estimate of drug-likeness (QED) is 0.866. The van der Waals surface area contributed by atoms with Crippen molar-refractivity contribution in [3.05, 3.63) is 0 Å². The Hall–Kier alpha value is -1.08. The van der Waals surface area contributed by atoms with Crippen molar-refractivity contribution in [2.75, 3.05) is 6.61 Å². The summed E-state index contributed by atoms with van der Waals surface area (Å²) in [5.41, 5.74) is -0.375. The van der Waals surface area contributed by atoms with Crippen LogP contribution >= 0.6 is 0 Å². The minimum atomic E-state index is -0.655. The highest BCUT2D eigenvalue weighted by Crippen LogP contribution is 2.42. The van der Waals surface area contributed by atoms with Crippen LogP contribution < -0.4 is 5.32 Å². The Bertz CT molecular complexity index is 425. The summed E-state index contributed by atoms with van der Waals surface area (Å²) in [6.07, 6.45) is 4.42. The van der Waals surface area contributed by atoms with Crippen molar-refractivity contribution < 1.29 is 9.53 Å². The van der Waals surface area contributed by atoms with Crippen molar-refractivity contribution in [2.45, 2.75) is 71.4 Å². The average molecular weight is 292 g/mol. The maximum Gasteiger partial charge on any atom is 0.227 e. The molecule has 0 aromatic carbocycles. The lowest BCUT2D eigenvalue weighted by Crippen LogP contribution is -2.51. The Balaban J connectivity index is 1.90. The van der Waals surface area contributed by atoms with Crippen LogP contribution in [-0.4, -0.2) is 24.2 Å². The first-order valence-electron chi connectivity index (χ1n) is 8.16. The molecule has 1 amide bonds. The molecule has 118 valence electrons. The van der Waals surface area contributed by atoms with Gasteiger partial charge in [0.15, 0.2) is 0 Å². The Morgan fingerprint density at radius 2 is 2.00 bits per heavy atom. The zero-order valence-electron chi connectivity index (χ0n) is 13.7. The molecule has 2 atom stereocenters. The number of nitriles is 1. The van der Waals surface area contributed by atoms with Crippen molar-refractivity contribution in [2.24, 2.45) is 17.3 Å². The topological polar surface area (TPSA) is 62.1 Å². The molecule has 0 aliphatic heterocycles. The van der Waals surface area contributed by atoms with Gasteiger partial charge in [-0.25, -0.2) is 0 Å². The van der Waals surface area contributed by atoms with E-state index in [0.29, 0.717) is 12.5 Å². The van der Waals surface area contributed by atoms with Crippen LogP contribution in [0.5, 0.6) is 0 Å². The van der Waals surface area contributed by atoms with Crippen LogP contribution in [0.2, 0.25) is 0 Å². The van der Waals surface area contributed by atoms with Gasteiger partial charge in [0.1, 0.15) is 5.54 Å². The predicted octanol–water partition coefficient (Wildman–Crippen LogP) is 3.03. The second-order valence-electron chi connectivity index (χ2n) is 7.66. The average Bonchev–Trinajstić information content (AvgIpc) is 3.18. The predicted molar refractivity (Wildman–Crippen MR) is 81.4 cm³/mol. The van der Waals surface area contributed by atoms with Crippen molar-refractivity contribution >= 4 is 5.91 Å². The molecule has 2 rings (SSSR count). The van der Waals surface area contributed by atoms with Crippen molar-refractivity contribution in [1.82, 2.24) is 5.32 Å². The van der Waals surface area contributed by atoms with Crippen molar-refractivity contribution in [1.29, 1.82) is 5.26 Å². The maximum atomic E-state index is 12.3. The van der Waals surface area contributed by atoms with E-state index in [1.54, 1.807) is 0 Å². The van der Waals surface area contributed by atoms with E-state index in [4.69, 9.17) is 4.74 Å². The molecule has 4 nitrogen and oxygen atoms in total. The first-order chi connectivity index (χ1) is 9.81. The number of carbonyl (C=O) groups excluding carboxylic acids is 1. The third kappa shape index (κ3) is 3.77. The highest BCUT2D eigenvalue weighted by Gasteiger charge is 2.47. The highest BCUT2D eigenvalue weighted by atomic mass is 16.5. The summed E-state index contributed by atoms with van der Waals surface area (Å²) < 4.78 is 5.46. The Morgan fingerprint density at radius 3 is 2.48 bits per heavy atom. The summed E-state index contributed by atoms with van der Waals surface area (Å²) in [5.74, 6) is 0.590. The molecule has 2 aliphatic carbocycles. The summed E-state index contributed by atoms with van der Waals surface area (Å²) in [4.78, 5) is 12.3. The smallest absolute Gasteiger partial charge is 0.227 e. The number of ether oxygens (including phenoxy) is 1.